The van der Waals surface area contributed by atoms with Crippen LogP contribution < -0.4 is 10.1 Å². The lowest BCUT2D eigenvalue weighted by atomic mass is 9.47. The number of Topliss-reactive ketones (excluding diaryl/α,β-unsaturated/α-hetero) is 1. The average Bonchev–Trinajstić information content (AvgIpc) is 3.57. The largest absolute Gasteiger partial charge is 0.504 e. The first kappa shape index (κ1) is 20.5. The van der Waals surface area contributed by atoms with Crippen molar-refractivity contribution in [2.45, 2.75) is 68.0 Å². The van der Waals surface area contributed by atoms with Crippen molar-refractivity contribution in [1.82, 2.24) is 10.2 Å². The van der Waals surface area contributed by atoms with E-state index in [0.717, 1.165) is 48.5 Å². The van der Waals surface area contributed by atoms with Crippen molar-refractivity contribution in [1.29, 1.82) is 0 Å². The molecule has 6 nitrogen and oxygen atoms in total. The normalized spacial score (nSPS) is 33.2. The predicted octanol–water partition coefficient (Wildman–Crippen LogP) is 2.89. The van der Waals surface area contributed by atoms with Crippen LogP contribution in [0.5, 0.6) is 11.5 Å². The van der Waals surface area contributed by atoms with Gasteiger partial charge in [0.2, 0.25) is 5.91 Å². The van der Waals surface area contributed by atoms with Gasteiger partial charge in [0, 0.05) is 24.6 Å². The van der Waals surface area contributed by atoms with Crippen LogP contribution in [0.25, 0.3) is 0 Å². The number of phenols is 1. The zero-order valence-corrected chi connectivity index (χ0v) is 19.3. The molecule has 1 unspecified atom stereocenters. The predicted molar refractivity (Wildman–Crippen MR) is 126 cm³/mol. The lowest BCUT2D eigenvalue weighted by Crippen LogP contribution is -2.82. The second-order valence-electron chi connectivity index (χ2n) is 11.0. The van der Waals surface area contributed by atoms with Gasteiger partial charge in [0.25, 0.3) is 0 Å². The third-order valence-corrected chi connectivity index (χ3v) is 9.18. The molecule has 4 atom stereocenters. The summed E-state index contributed by atoms with van der Waals surface area (Å²) in [5, 5.41) is 14.2. The highest BCUT2D eigenvalue weighted by Gasteiger charge is 2.73. The van der Waals surface area contributed by atoms with Gasteiger partial charge >= 0.3 is 0 Å². The standard InChI is InChI=1S/C28H30N2O4/c31-20-9-8-19-15-22-28(29-23(33)14-17-4-2-1-3-5-17)11-10-21(32)26-27(28,24(19)25(20)34-26)12-13-30(22)16-18-6-7-18/h1-5,8-9,18,22,26,31H,6-7,10-16H2,(H,29,33)/t22-,26?,27+,28-/m1/s1. The Kier molecular flexibility index (Phi) is 4.27. The fourth-order valence-corrected chi connectivity index (χ4v) is 7.64. The Labute approximate surface area is 199 Å². The highest BCUT2D eigenvalue weighted by atomic mass is 16.5. The molecule has 1 spiro atoms. The molecule has 2 aromatic carbocycles. The monoisotopic (exact) mass is 458 g/mol. The van der Waals surface area contributed by atoms with E-state index in [1.165, 1.54) is 12.8 Å². The molecule has 2 bridgehead atoms. The number of ether oxygens (including phenoxy) is 1. The Bertz CT molecular complexity index is 1190. The highest BCUT2D eigenvalue weighted by molar-refractivity contribution is 5.91. The molecule has 0 radical (unpaired) electrons. The molecule has 176 valence electrons. The highest BCUT2D eigenvalue weighted by Crippen LogP contribution is 2.65. The number of phenolic OH excluding ortho intramolecular Hbond substituents is 1. The molecule has 3 fully saturated rings. The molecule has 34 heavy (non-hydrogen) atoms. The molecule has 2 N–H and O–H groups in total. The van der Waals surface area contributed by atoms with Crippen molar-refractivity contribution in [3.63, 3.8) is 0 Å². The summed E-state index contributed by atoms with van der Waals surface area (Å²) in [6, 6.07) is 13.7. The van der Waals surface area contributed by atoms with Crippen LogP contribution in [0.2, 0.25) is 0 Å². The summed E-state index contributed by atoms with van der Waals surface area (Å²) in [7, 11) is 0. The summed E-state index contributed by atoms with van der Waals surface area (Å²) in [5.41, 5.74) is 1.91. The summed E-state index contributed by atoms with van der Waals surface area (Å²) in [6.45, 7) is 1.94. The lowest BCUT2D eigenvalue weighted by Gasteiger charge is -2.65. The Morgan fingerprint density at radius 1 is 1.15 bits per heavy atom. The number of likely N-dealkylation sites (tertiary alicyclic amines) is 1. The van der Waals surface area contributed by atoms with E-state index >= 15 is 0 Å². The minimum Gasteiger partial charge on any atom is -0.504 e. The number of nitrogens with zero attached hydrogens (tertiary/aromatic N) is 1. The topological polar surface area (TPSA) is 78.9 Å². The van der Waals surface area contributed by atoms with Gasteiger partial charge in [-0.3, -0.25) is 14.5 Å². The van der Waals surface area contributed by atoms with Crippen LogP contribution in [0.3, 0.4) is 0 Å². The fourth-order valence-electron chi connectivity index (χ4n) is 7.64. The molecule has 2 aliphatic heterocycles. The number of carbonyl (C=O) groups excluding carboxylic acids is 2. The molecule has 7 rings (SSSR count). The summed E-state index contributed by atoms with van der Waals surface area (Å²) < 4.78 is 6.31. The number of nitrogens with one attached hydrogen (secondary N) is 1. The van der Waals surface area contributed by atoms with Crippen LogP contribution in [0.15, 0.2) is 42.5 Å². The summed E-state index contributed by atoms with van der Waals surface area (Å²) in [5.74, 6) is 1.38. The molecule has 6 heteroatoms. The molecular formula is C28H30N2O4. The van der Waals surface area contributed by atoms with Crippen LogP contribution in [0, 0.1) is 5.92 Å². The maximum Gasteiger partial charge on any atom is 0.224 e. The quantitative estimate of drug-likeness (QED) is 0.721. The maximum atomic E-state index is 13.6. The van der Waals surface area contributed by atoms with Gasteiger partial charge in [-0.15, -0.1) is 0 Å². The van der Waals surface area contributed by atoms with Crippen LogP contribution in [-0.4, -0.2) is 52.5 Å². The number of carbonyl (C=O) groups is 2. The Morgan fingerprint density at radius 2 is 1.97 bits per heavy atom. The minimum atomic E-state index is -0.647. The second-order valence-corrected chi connectivity index (χ2v) is 11.0. The number of benzene rings is 2. The fraction of sp³-hybridized carbons (Fsp3) is 0.500. The molecule has 3 aliphatic carbocycles. The van der Waals surface area contributed by atoms with Crippen LogP contribution >= 0.6 is 0 Å². The number of amides is 1. The van der Waals surface area contributed by atoms with Gasteiger partial charge in [0.1, 0.15) is 0 Å². The number of rotatable bonds is 5. The van der Waals surface area contributed by atoms with Crippen molar-refractivity contribution < 1.29 is 19.4 Å². The number of piperidine rings is 1. The molecule has 2 heterocycles. The van der Waals surface area contributed by atoms with Crippen LogP contribution in [0.1, 0.15) is 48.8 Å². The molecule has 2 saturated carbocycles. The van der Waals surface area contributed by atoms with Crippen molar-refractivity contribution in [3.8, 4) is 11.5 Å². The SMILES string of the molecule is O=C(Cc1ccccc1)N[C@@]12CCC(=O)C3Oc4c(O)ccc5c4[C@@]31CCN(CC1CC1)[C@@H]2C5. The average molecular weight is 459 g/mol. The summed E-state index contributed by atoms with van der Waals surface area (Å²) >= 11 is 0. The van der Waals surface area contributed by atoms with Gasteiger partial charge in [-0.2, -0.15) is 0 Å². The van der Waals surface area contributed by atoms with Gasteiger partial charge in [-0.05, 0) is 61.8 Å². The number of hydrogen-bond donors (Lipinski definition) is 2. The zero-order valence-electron chi connectivity index (χ0n) is 19.3. The first-order valence-electron chi connectivity index (χ1n) is 12.7. The van der Waals surface area contributed by atoms with Crippen molar-refractivity contribution in [3.05, 3.63) is 59.2 Å². The first-order valence-corrected chi connectivity index (χ1v) is 12.7. The van der Waals surface area contributed by atoms with Crippen molar-refractivity contribution >= 4 is 11.7 Å². The van der Waals surface area contributed by atoms with E-state index < -0.39 is 17.1 Å². The van der Waals surface area contributed by atoms with Crippen molar-refractivity contribution in [2.75, 3.05) is 13.1 Å². The van der Waals surface area contributed by atoms with Gasteiger partial charge in [0.15, 0.2) is 23.4 Å². The minimum absolute atomic E-state index is 0.00556. The Hall–Kier alpha value is -2.86. The van der Waals surface area contributed by atoms with E-state index in [4.69, 9.17) is 4.74 Å². The number of hydrogen-bond acceptors (Lipinski definition) is 5. The van der Waals surface area contributed by atoms with Crippen LogP contribution in [0.4, 0.5) is 0 Å². The summed E-state index contributed by atoms with van der Waals surface area (Å²) in [4.78, 5) is 29.5. The molecule has 0 aromatic heterocycles. The van der Waals surface area contributed by atoms with E-state index in [2.05, 4.69) is 10.2 Å². The number of ketones is 1. The molecule has 1 amide bonds. The van der Waals surface area contributed by atoms with Gasteiger partial charge < -0.3 is 15.2 Å². The van der Waals surface area contributed by atoms with E-state index in [1.54, 1.807) is 6.07 Å². The maximum absolute atomic E-state index is 13.6. The van der Waals surface area contributed by atoms with E-state index in [1.807, 2.05) is 36.4 Å². The van der Waals surface area contributed by atoms with E-state index in [0.29, 0.717) is 25.0 Å². The van der Waals surface area contributed by atoms with Gasteiger partial charge in [-0.1, -0.05) is 36.4 Å². The van der Waals surface area contributed by atoms with Crippen LogP contribution in [-0.2, 0) is 27.8 Å². The molecule has 1 saturated heterocycles. The molecular weight excluding hydrogens is 428 g/mol. The number of aromatic hydroxyl groups is 1. The van der Waals surface area contributed by atoms with Gasteiger partial charge in [0.05, 0.1) is 17.4 Å². The Balaban J connectivity index is 1.37. The lowest BCUT2D eigenvalue weighted by molar-refractivity contribution is -0.150. The molecule has 5 aliphatic rings. The van der Waals surface area contributed by atoms with Gasteiger partial charge in [-0.25, -0.2) is 0 Å². The first-order chi connectivity index (χ1) is 16.5. The van der Waals surface area contributed by atoms with E-state index in [-0.39, 0.29) is 23.5 Å². The summed E-state index contributed by atoms with van der Waals surface area (Å²) in [6.07, 6.45) is 4.78. The van der Waals surface area contributed by atoms with E-state index in [9.17, 15) is 14.7 Å². The third kappa shape index (κ3) is 2.66. The Morgan fingerprint density at radius 3 is 2.76 bits per heavy atom. The second kappa shape index (κ2) is 7.08. The van der Waals surface area contributed by atoms with Crippen molar-refractivity contribution in [2.24, 2.45) is 5.92 Å². The smallest absolute Gasteiger partial charge is 0.224 e. The zero-order chi connectivity index (χ0) is 23.1. The third-order valence-electron chi connectivity index (χ3n) is 9.18. The molecule has 2 aromatic rings.